The lowest BCUT2D eigenvalue weighted by molar-refractivity contribution is -0.143. The lowest BCUT2D eigenvalue weighted by Gasteiger charge is -2.18. The number of anilines is 1. The van der Waals surface area contributed by atoms with Gasteiger partial charge in [-0.25, -0.2) is 4.98 Å². The summed E-state index contributed by atoms with van der Waals surface area (Å²) in [6.45, 7) is 4.33. The predicted molar refractivity (Wildman–Crippen MR) is 106 cm³/mol. The maximum Gasteiger partial charge on any atom is 0.306 e. The third kappa shape index (κ3) is 4.55. The van der Waals surface area contributed by atoms with Crippen molar-refractivity contribution >= 4 is 11.8 Å². The van der Waals surface area contributed by atoms with Crippen LogP contribution in [0.15, 0.2) is 36.4 Å². The maximum atomic E-state index is 11.6. The quantitative estimate of drug-likeness (QED) is 0.704. The van der Waals surface area contributed by atoms with Crippen molar-refractivity contribution < 1.29 is 19.0 Å². The molecular weight excluding hydrogens is 356 g/mol. The van der Waals surface area contributed by atoms with Gasteiger partial charge < -0.3 is 19.5 Å². The molecular formula is C22H26N2O4. The predicted octanol–water partition coefficient (Wildman–Crippen LogP) is 3.56. The minimum Gasteiger partial charge on any atom is -0.493 e. The number of fused-ring (bicyclic) bond motifs is 1. The minimum atomic E-state index is -0.0903. The molecule has 28 heavy (non-hydrogen) atoms. The van der Waals surface area contributed by atoms with Crippen molar-refractivity contribution in [2.24, 2.45) is 5.92 Å². The Bertz CT molecular complexity index is 822. The third-order valence-electron chi connectivity index (χ3n) is 5.16. The van der Waals surface area contributed by atoms with Crippen LogP contribution in [0.1, 0.15) is 36.9 Å². The number of pyridine rings is 1. The molecule has 4 rings (SSSR count). The summed E-state index contributed by atoms with van der Waals surface area (Å²) < 4.78 is 16.4. The van der Waals surface area contributed by atoms with Crippen LogP contribution in [-0.2, 0) is 16.0 Å². The molecule has 1 aliphatic heterocycles. The van der Waals surface area contributed by atoms with E-state index in [4.69, 9.17) is 14.2 Å². The summed E-state index contributed by atoms with van der Waals surface area (Å²) >= 11 is 0. The van der Waals surface area contributed by atoms with Gasteiger partial charge in [-0.05, 0) is 55.0 Å². The second-order valence-electron chi connectivity index (χ2n) is 7.20. The number of hydrogen-bond acceptors (Lipinski definition) is 6. The van der Waals surface area contributed by atoms with E-state index in [9.17, 15) is 4.79 Å². The van der Waals surface area contributed by atoms with Crippen LogP contribution in [0.25, 0.3) is 0 Å². The van der Waals surface area contributed by atoms with Crippen LogP contribution in [0.2, 0.25) is 0 Å². The summed E-state index contributed by atoms with van der Waals surface area (Å²) in [6, 6.07) is 12.2. The van der Waals surface area contributed by atoms with E-state index in [1.807, 2.05) is 31.2 Å². The van der Waals surface area contributed by atoms with Crippen molar-refractivity contribution in [2.75, 3.05) is 31.7 Å². The van der Waals surface area contributed by atoms with Crippen molar-refractivity contribution in [2.45, 2.75) is 32.1 Å². The third-order valence-corrected chi connectivity index (χ3v) is 5.16. The molecule has 0 saturated heterocycles. The number of rotatable bonds is 8. The average Bonchev–Trinajstić information content (AvgIpc) is 3.47. The highest BCUT2D eigenvalue weighted by Gasteiger charge is 2.39. The van der Waals surface area contributed by atoms with Gasteiger partial charge in [-0.2, -0.15) is 0 Å². The SMILES string of the molecule is CCOC(=O)CC1CC1c1ccc(OCCc2ccc3c(n2)NCCO3)cc1. The van der Waals surface area contributed by atoms with Crippen molar-refractivity contribution in [3.8, 4) is 11.5 Å². The van der Waals surface area contributed by atoms with E-state index in [1.165, 1.54) is 5.56 Å². The van der Waals surface area contributed by atoms with E-state index < -0.39 is 0 Å². The van der Waals surface area contributed by atoms with Crippen LogP contribution in [-0.4, -0.2) is 37.3 Å². The summed E-state index contributed by atoms with van der Waals surface area (Å²) in [5.74, 6) is 3.27. The number of carbonyl (C=O) groups is 1. The molecule has 2 aromatic rings. The number of ether oxygens (including phenoxy) is 3. The molecule has 6 nitrogen and oxygen atoms in total. The van der Waals surface area contributed by atoms with Gasteiger partial charge in [-0.1, -0.05) is 12.1 Å². The smallest absolute Gasteiger partial charge is 0.306 e. The number of nitrogens with zero attached hydrogens (tertiary/aromatic N) is 1. The average molecular weight is 382 g/mol. The van der Waals surface area contributed by atoms with Gasteiger partial charge in [0.2, 0.25) is 0 Å². The summed E-state index contributed by atoms with van der Waals surface area (Å²) in [6.07, 6.45) is 2.31. The van der Waals surface area contributed by atoms with Gasteiger partial charge in [0.15, 0.2) is 11.6 Å². The fourth-order valence-electron chi connectivity index (χ4n) is 3.60. The molecule has 2 atom stereocenters. The van der Waals surface area contributed by atoms with Crippen LogP contribution in [0.3, 0.4) is 0 Å². The monoisotopic (exact) mass is 382 g/mol. The maximum absolute atomic E-state index is 11.6. The van der Waals surface area contributed by atoms with E-state index in [1.54, 1.807) is 0 Å². The molecule has 2 unspecified atom stereocenters. The summed E-state index contributed by atoms with van der Waals surface area (Å²) in [7, 11) is 0. The van der Waals surface area contributed by atoms with Gasteiger partial charge in [-0.15, -0.1) is 0 Å². The minimum absolute atomic E-state index is 0.0903. The Labute approximate surface area is 165 Å². The zero-order valence-corrected chi connectivity index (χ0v) is 16.1. The number of hydrogen-bond donors (Lipinski definition) is 1. The molecule has 2 heterocycles. The van der Waals surface area contributed by atoms with Gasteiger partial charge in [0.1, 0.15) is 12.4 Å². The second kappa shape index (κ2) is 8.50. The molecule has 0 spiro atoms. The first-order valence-corrected chi connectivity index (χ1v) is 9.98. The Morgan fingerprint density at radius 1 is 1.25 bits per heavy atom. The summed E-state index contributed by atoms with van der Waals surface area (Å²) in [4.78, 5) is 16.2. The molecule has 1 aliphatic carbocycles. The van der Waals surface area contributed by atoms with Crippen LogP contribution < -0.4 is 14.8 Å². The summed E-state index contributed by atoms with van der Waals surface area (Å²) in [5, 5.41) is 3.25. The van der Waals surface area contributed by atoms with Gasteiger partial charge in [-0.3, -0.25) is 4.79 Å². The first kappa shape index (κ1) is 18.6. The number of nitrogens with one attached hydrogen (secondary N) is 1. The highest BCUT2D eigenvalue weighted by atomic mass is 16.5. The molecule has 1 N–H and O–H groups in total. The first-order valence-electron chi connectivity index (χ1n) is 9.98. The molecule has 1 saturated carbocycles. The largest absolute Gasteiger partial charge is 0.493 e. The van der Waals surface area contributed by atoms with Crippen LogP contribution >= 0.6 is 0 Å². The van der Waals surface area contributed by atoms with Crippen LogP contribution in [0.5, 0.6) is 11.5 Å². The van der Waals surface area contributed by atoms with E-state index in [0.29, 0.717) is 38.1 Å². The molecule has 1 fully saturated rings. The van der Waals surface area contributed by atoms with Gasteiger partial charge in [0.05, 0.1) is 19.8 Å². The Hall–Kier alpha value is -2.76. The molecule has 0 amide bonds. The van der Waals surface area contributed by atoms with Crippen LogP contribution in [0, 0.1) is 5.92 Å². The number of carbonyl (C=O) groups excluding carboxylic acids is 1. The highest BCUT2D eigenvalue weighted by Crippen LogP contribution is 2.49. The van der Waals surface area contributed by atoms with Crippen molar-refractivity contribution in [3.05, 3.63) is 47.7 Å². The van der Waals surface area contributed by atoms with E-state index in [2.05, 4.69) is 22.4 Å². The van der Waals surface area contributed by atoms with Gasteiger partial charge in [0, 0.05) is 18.5 Å². The number of aromatic nitrogens is 1. The Morgan fingerprint density at radius 3 is 2.93 bits per heavy atom. The Kier molecular flexibility index (Phi) is 5.65. The van der Waals surface area contributed by atoms with Crippen molar-refractivity contribution in [1.29, 1.82) is 0 Å². The molecule has 2 aliphatic rings. The van der Waals surface area contributed by atoms with E-state index >= 15 is 0 Å². The van der Waals surface area contributed by atoms with Gasteiger partial charge >= 0.3 is 5.97 Å². The van der Waals surface area contributed by atoms with E-state index in [-0.39, 0.29) is 5.97 Å². The standard InChI is InChI=1S/C22H26N2O4/c1-2-26-21(25)14-16-13-19(16)15-3-6-18(7-4-15)27-11-9-17-5-8-20-22(24-17)23-10-12-28-20/h3-8,16,19H,2,9-14H2,1H3,(H,23,24). The fraction of sp³-hybridized carbons (Fsp3) is 0.455. The zero-order valence-electron chi connectivity index (χ0n) is 16.1. The number of benzene rings is 1. The van der Waals surface area contributed by atoms with E-state index in [0.717, 1.165) is 42.4 Å². The number of esters is 1. The molecule has 6 heteroatoms. The van der Waals surface area contributed by atoms with Crippen molar-refractivity contribution in [3.63, 3.8) is 0 Å². The molecule has 148 valence electrons. The Morgan fingerprint density at radius 2 is 2.11 bits per heavy atom. The molecule has 0 bridgehead atoms. The second-order valence-corrected chi connectivity index (χ2v) is 7.20. The normalized spacial score (nSPS) is 19.8. The molecule has 1 aromatic heterocycles. The lowest BCUT2D eigenvalue weighted by Crippen LogP contribution is -2.19. The Balaban J connectivity index is 1.24. The van der Waals surface area contributed by atoms with Crippen LogP contribution in [0.4, 0.5) is 5.82 Å². The lowest BCUT2D eigenvalue weighted by atomic mass is 10.1. The summed E-state index contributed by atoms with van der Waals surface area (Å²) in [5.41, 5.74) is 2.25. The fourth-order valence-corrected chi connectivity index (χ4v) is 3.60. The molecule has 1 aromatic carbocycles. The van der Waals surface area contributed by atoms with Crippen molar-refractivity contribution in [1.82, 2.24) is 4.98 Å². The topological polar surface area (TPSA) is 69.7 Å². The van der Waals surface area contributed by atoms with Gasteiger partial charge in [0.25, 0.3) is 0 Å². The first-order chi connectivity index (χ1) is 13.7. The highest BCUT2D eigenvalue weighted by molar-refractivity contribution is 5.70. The molecule has 0 radical (unpaired) electrons. The zero-order chi connectivity index (χ0) is 19.3.